The lowest BCUT2D eigenvalue weighted by Gasteiger charge is -2.27. The maximum atomic E-state index is 12.0. The summed E-state index contributed by atoms with van der Waals surface area (Å²) in [5, 5.41) is 7.92. The van der Waals surface area contributed by atoms with Gasteiger partial charge in [-0.25, -0.2) is 8.42 Å². The zero-order chi connectivity index (χ0) is 12.9. The Balaban J connectivity index is 4.97. The Bertz CT molecular complexity index is 325. The molecule has 0 aromatic carbocycles. The van der Waals surface area contributed by atoms with E-state index in [1.165, 1.54) is 14.0 Å². The van der Waals surface area contributed by atoms with Gasteiger partial charge in [-0.3, -0.25) is 4.79 Å². The number of aliphatic carboxylic acids is 1. The highest BCUT2D eigenvalue weighted by molar-refractivity contribution is 7.89. The van der Waals surface area contributed by atoms with Crippen LogP contribution < -0.4 is 0 Å². The molecular weight excluding hydrogens is 234 g/mol. The number of nitrogens with zero attached hydrogens (tertiary/aromatic N) is 1. The van der Waals surface area contributed by atoms with Gasteiger partial charge in [0.2, 0.25) is 10.0 Å². The van der Waals surface area contributed by atoms with Gasteiger partial charge in [-0.2, -0.15) is 4.31 Å². The molecular formula is C9H19NO5S. The van der Waals surface area contributed by atoms with Crippen LogP contribution in [0.5, 0.6) is 0 Å². The van der Waals surface area contributed by atoms with Crippen LogP contribution in [-0.2, 0) is 19.6 Å². The predicted octanol–water partition coefficient (Wildman–Crippen LogP) is 0.146. The van der Waals surface area contributed by atoms with Gasteiger partial charge in [0.1, 0.15) is 6.54 Å². The first-order valence-electron chi connectivity index (χ1n) is 4.94. The molecule has 0 aliphatic rings. The van der Waals surface area contributed by atoms with E-state index in [4.69, 9.17) is 9.84 Å². The van der Waals surface area contributed by atoms with Crippen LogP contribution in [0.25, 0.3) is 0 Å². The molecule has 0 spiro atoms. The molecule has 1 atom stereocenters. The highest BCUT2D eigenvalue weighted by atomic mass is 32.2. The fourth-order valence-electron chi connectivity index (χ4n) is 1.25. The molecule has 0 aromatic heterocycles. The molecule has 96 valence electrons. The van der Waals surface area contributed by atoms with Crippen molar-refractivity contribution in [1.82, 2.24) is 4.31 Å². The summed E-state index contributed by atoms with van der Waals surface area (Å²) in [6.07, 6.45) is 0. The van der Waals surface area contributed by atoms with E-state index in [0.717, 1.165) is 4.31 Å². The molecule has 0 aliphatic heterocycles. The van der Waals surface area contributed by atoms with Crippen molar-refractivity contribution in [3.05, 3.63) is 0 Å². The Morgan fingerprint density at radius 3 is 2.19 bits per heavy atom. The number of rotatable bonds is 7. The van der Waals surface area contributed by atoms with Crippen LogP contribution in [0.15, 0.2) is 0 Å². The first-order chi connectivity index (χ1) is 7.23. The lowest BCUT2D eigenvalue weighted by molar-refractivity contribution is -0.137. The van der Waals surface area contributed by atoms with Gasteiger partial charge in [0.25, 0.3) is 0 Å². The van der Waals surface area contributed by atoms with E-state index in [-0.39, 0.29) is 12.6 Å². The number of carboxylic acid groups (broad SMARTS) is 1. The summed E-state index contributed by atoms with van der Waals surface area (Å²) in [6.45, 7) is 4.30. The summed E-state index contributed by atoms with van der Waals surface area (Å²) in [5.41, 5.74) is 0. The van der Waals surface area contributed by atoms with E-state index in [0.29, 0.717) is 0 Å². The Hall–Kier alpha value is -0.660. The normalized spacial score (nSPS) is 14.4. The van der Waals surface area contributed by atoms with Crippen LogP contribution in [-0.4, -0.2) is 55.4 Å². The number of methoxy groups -OCH3 is 1. The molecule has 0 saturated carbocycles. The minimum Gasteiger partial charge on any atom is -0.480 e. The third-order valence-corrected chi connectivity index (χ3v) is 4.46. The number of ether oxygens (including phenoxy) is 1. The third kappa shape index (κ3) is 4.07. The molecule has 0 saturated heterocycles. The molecule has 0 radical (unpaired) electrons. The van der Waals surface area contributed by atoms with Crippen molar-refractivity contribution in [2.24, 2.45) is 0 Å². The highest BCUT2D eigenvalue weighted by Crippen LogP contribution is 2.13. The van der Waals surface area contributed by atoms with Crippen LogP contribution in [0.4, 0.5) is 0 Å². The van der Waals surface area contributed by atoms with E-state index in [1.54, 1.807) is 13.8 Å². The van der Waals surface area contributed by atoms with Crippen LogP contribution in [0.1, 0.15) is 20.8 Å². The first-order valence-corrected chi connectivity index (χ1v) is 6.45. The van der Waals surface area contributed by atoms with Gasteiger partial charge in [-0.1, -0.05) is 0 Å². The van der Waals surface area contributed by atoms with Crippen LogP contribution >= 0.6 is 0 Å². The Morgan fingerprint density at radius 2 is 1.88 bits per heavy atom. The Labute approximate surface area is 96.2 Å². The van der Waals surface area contributed by atoms with E-state index in [2.05, 4.69) is 0 Å². The van der Waals surface area contributed by atoms with Crippen molar-refractivity contribution < 1.29 is 23.1 Å². The lowest BCUT2D eigenvalue weighted by atomic mass is 10.4. The maximum Gasteiger partial charge on any atom is 0.318 e. The topological polar surface area (TPSA) is 83.9 Å². The van der Waals surface area contributed by atoms with Gasteiger partial charge in [-0.05, 0) is 20.8 Å². The molecule has 0 rings (SSSR count). The van der Waals surface area contributed by atoms with E-state index >= 15 is 0 Å². The summed E-state index contributed by atoms with van der Waals surface area (Å²) >= 11 is 0. The van der Waals surface area contributed by atoms with Crippen molar-refractivity contribution in [3.63, 3.8) is 0 Å². The second-order valence-electron chi connectivity index (χ2n) is 3.84. The molecule has 1 unspecified atom stereocenters. The molecule has 0 fully saturated rings. The van der Waals surface area contributed by atoms with Crippen molar-refractivity contribution in [2.45, 2.75) is 32.1 Å². The van der Waals surface area contributed by atoms with Gasteiger partial charge in [0.05, 0.1) is 11.9 Å². The van der Waals surface area contributed by atoms with Crippen molar-refractivity contribution in [3.8, 4) is 0 Å². The molecule has 0 aliphatic carbocycles. The number of hydrogen-bond donors (Lipinski definition) is 1. The minimum atomic E-state index is -3.63. The van der Waals surface area contributed by atoms with Crippen molar-refractivity contribution in [2.75, 3.05) is 20.3 Å². The highest BCUT2D eigenvalue weighted by Gasteiger charge is 2.32. The minimum absolute atomic E-state index is 0.0468. The van der Waals surface area contributed by atoms with Gasteiger partial charge < -0.3 is 9.84 Å². The average Bonchev–Trinajstić information content (AvgIpc) is 2.13. The van der Waals surface area contributed by atoms with Crippen LogP contribution in [0.3, 0.4) is 0 Å². The molecule has 0 heterocycles. The first kappa shape index (κ1) is 15.3. The molecule has 0 amide bonds. The van der Waals surface area contributed by atoms with E-state index in [1.807, 2.05) is 0 Å². The second-order valence-corrected chi connectivity index (χ2v) is 6.15. The second kappa shape index (κ2) is 6.17. The SMILES string of the molecule is COCC(C)S(=O)(=O)N(CC(=O)O)C(C)C. The summed E-state index contributed by atoms with van der Waals surface area (Å²) in [7, 11) is -2.22. The summed E-state index contributed by atoms with van der Waals surface area (Å²) in [5.74, 6) is -1.16. The zero-order valence-electron chi connectivity index (χ0n) is 10.0. The molecule has 0 aromatic rings. The molecule has 16 heavy (non-hydrogen) atoms. The van der Waals surface area contributed by atoms with E-state index in [9.17, 15) is 13.2 Å². The van der Waals surface area contributed by atoms with Crippen molar-refractivity contribution in [1.29, 1.82) is 0 Å². The Kier molecular flexibility index (Phi) is 5.91. The quantitative estimate of drug-likeness (QED) is 0.698. The number of carbonyl (C=O) groups is 1. The van der Waals surface area contributed by atoms with Crippen molar-refractivity contribution >= 4 is 16.0 Å². The van der Waals surface area contributed by atoms with Gasteiger partial charge >= 0.3 is 5.97 Å². The van der Waals surface area contributed by atoms with Crippen LogP contribution in [0, 0.1) is 0 Å². The van der Waals surface area contributed by atoms with Gasteiger partial charge in [0, 0.05) is 13.2 Å². The summed E-state index contributed by atoms with van der Waals surface area (Å²) in [6, 6.07) is -0.389. The molecule has 6 nitrogen and oxygen atoms in total. The lowest BCUT2D eigenvalue weighted by Crippen LogP contribution is -2.45. The maximum absolute atomic E-state index is 12.0. The predicted molar refractivity (Wildman–Crippen MR) is 59.7 cm³/mol. The summed E-state index contributed by atoms with van der Waals surface area (Å²) in [4.78, 5) is 10.6. The number of hydrogen-bond acceptors (Lipinski definition) is 4. The van der Waals surface area contributed by atoms with Gasteiger partial charge in [-0.15, -0.1) is 0 Å². The molecule has 0 bridgehead atoms. The third-order valence-electron chi connectivity index (χ3n) is 2.10. The fraction of sp³-hybridized carbons (Fsp3) is 0.889. The monoisotopic (exact) mass is 253 g/mol. The standard InChI is InChI=1S/C9H19NO5S/c1-7(2)10(5-9(11)12)16(13,14)8(3)6-15-4/h7-8H,5-6H2,1-4H3,(H,11,12). The zero-order valence-corrected chi connectivity index (χ0v) is 10.8. The smallest absolute Gasteiger partial charge is 0.318 e. The summed E-state index contributed by atoms with van der Waals surface area (Å²) < 4.78 is 29.7. The number of sulfonamides is 1. The van der Waals surface area contributed by atoms with Gasteiger partial charge in [0.15, 0.2) is 0 Å². The van der Waals surface area contributed by atoms with E-state index < -0.39 is 27.8 Å². The Morgan fingerprint density at radius 1 is 1.38 bits per heavy atom. The molecule has 7 heteroatoms. The van der Waals surface area contributed by atoms with Crippen LogP contribution in [0.2, 0.25) is 0 Å². The average molecular weight is 253 g/mol. The largest absolute Gasteiger partial charge is 0.480 e. The fourth-order valence-corrected chi connectivity index (χ4v) is 2.90. The number of carboxylic acids is 1. The molecule has 1 N–H and O–H groups in total.